The smallest absolute Gasteiger partial charge is 0.0279 e. The molecule has 0 amide bonds. The molecule has 0 fully saturated rings. The molecule has 1 aromatic carbocycles. The molecule has 0 saturated carbocycles. The molecule has 0 saturated heterocycles. The number of unbranched alkanes of at least 4 members (excludes halogenated alkanes) is 6. The van der Waals surface area contributed by atoms with Crippen molar-refractivity contribution in [3.8, 4) is 0 Å². The van der Waals surface area contributed by atoms with Crippen molar-refractivity contribution >= 4 is 0 Å². The van der Waals surface area contributed by atoms with E-state index < -0.39 is 0 Å². The van der Waals surface area contributed by atoms with E-state index in [0.717, 1.165) is 6.42 Å². The summed E-state index contributed by atoms with van der Waals surface area (Å²) in [5.74, 6) is 0. The van der Waals surface area contributed by atoms with Crippen LogP contribution in [0.25, 0.3) is 0 Å². The second kappa shape index (κ2) is 10.2. The largest absolute Gasteiger partial charge is 0.0654 e. The van der Waals surface area contributed by atoms with Crippen LogP contribution >= 0.6 is 0 Å². The van der Waals surface area contributed by atoms with Gasteiger partial charge >= 0.3 is 0 Å². The van der Waals surface area contributed by atoms with Crippen molar-refractivity contribution in [1.29, 1.82) is 0 Å². The van der Waals surface area contributed by atoms with Gasteiger partial charge in [0.25, 0.3) is 0 Å². The molecule has 0 aromatic heterocycles. The average Bonchev–Trinajstić information content (AvgIpc) is 2.42. The van der Waals surface area contributed by atoms with Crippen LogP contribution in [0.5, 0.6) is 0 Å². The summed E-state index contributed by atoms with van der Waals surface area (Å²) < 4.78 is 0. The molecular formula is C18H29. The van der Waals surface area contributed by atoms with Crippen molar-refractivity contribution in [2.75, 3.05) is 0 Å². The number of hydrogen-bond donors (Lipinski definition) is 0. The second-order valence-electron chi connectivity index (χ2n) is 5.29. The highest BCUT2D eigenvalue weighted by molar-refractivity contribution is 5.22. The molecule has 0 heterocycles. The first-order valence-corrected chi connectivity index (χ1v) is 7.74. The molecule has 18 heavy (non-hydrogen) atoms. The monoisotopic (exact) mass is 245 g/mol. The lowest BCUT2D eigenvalue weighted by Gasteiger charge is -2.04. The zero-order chi connectivity index (χ0) is 13.1. The fourth-order valence-electron chi connectivity index (χ4n) is 2.31. The number of rotatable bonds is 10. The van der Waals surface area contributed by atoms with Gasteiger partial charge in [-0.15, -0.1) is 0 Å². The van der Waals surface area contributed by atoms with Crippen LogP contribution in [0, 0.1) is 6.92 Å². The van der Waals surface area contributed by atoms with Crippen molar-refractivity contribution in [3.05, 3.63) is 42.3 Å². The van der Waals surface area contributed by atoms with E-state index in [1.807, 2.05) is 0 Å². The van der Waals surface area contributed by atoms with Crippen LogP contribution in [0.15, 0.2) is 24.3 Å². The van der Waals surface area contributed by atoms with Crippen molar-refractivity contribution in [2.24, 2.45) is 0 Å². The van der Waals surface area contributed by atoms with Gasteiger partial charge in [0.2, 0.25) is 0 Å². The molecule has 101 valence electrons. The van der Waals surface area contributed by atoms with E-state index in [2.05, 4.69) is 38.1 Å². The molecule has 0 aliphatic rings. The van der Waals surface area contributed by atoms with E-state index in [4.69, 9.17) is 0 Å². The zero-order valence-electron chi connectivity index (χ0n) is 12.1. The summed E-state index contributed by atoms with van der Waals surface area (Å²) in [7, 11) is 0. The van der Waals surface area contributed by atoms with E-state index in [-0.39, 0.29) is 0 Å². The zero-order valence-corrected chi connectivity index (χ0v) is 12.1. The number of hydrogen-bond acceptors (Lipinski definition) is 0. The van der Waals surface area contributed by atoms with Crippen molar-refractivity contribution in [3.63, 3.8) is 0 Å². The minimum absolute atomic E-state index is 1.04. The van der Waals surface area contributed by atoms with Gasteiger partial charge in [-0.05, 0) is 36.8 Å². The van der Waals surface area contributed by atoms with E-state index in [9.17, 15) is 0 Å². The number of benzene rings is 1. The molecule has 0 aliphatic carbocycles. The third kappa shape index (κ3) is 6.83. The predicted molar refractivity (Wildman–Crippen MR) is 81.8 cm³/mol. The molecule has 0 heteroatoms. The van der Waals surface area contributed by atoms with Gasteiger partial charge in [0, 0.05) is 0 Å². The highest BCUT2D eigenvalue weighted by Crippen LogP contribution is 2.12. The first kappa shape index (κ1) is 15.3. The molecule has 1 aromatic rings. The van der Waals surface area contributed by atoms with Crippen molar-refractivity contribution in [2.45, 2.75) is 71.1 Å². The Labute approximate surface area is 114 Å². The molecule has 0 N–H and O–H groups in total. The highest BCUT2D eigenvalue weighted by atomic mass is 14.0. The lowest BCUT2D eigenvalue weighted by molar-refractivity contribution is 0.607. The summed E-state index contributed by atoms with van der Waals surface area (Å²) in [6.07, 6.45) is 13.0. The predicted octanol–water partition coefficient (Wildman–Crippen LogP) is 5.75. The minimum atomic E-state index is 1.04. The summed E-state index contributed by atoms with van der Waals surface area (Å²) >= 11 is 0. The maximum Gasteiger partial charge on any atom is -0.0279 e. The van der Waals surface area contributed by atoms with Crippen LogP contribution in [0.3, 0.4) is 0 Å². The first-order chi connectivity index (χ1) is 8.86. The van der Waals surface area contributed by atoms with Crippen LogP contribution in [-0.4, -0.2) is 0 Å². The van der Waals surface area contributed by atoms with Gasteiger partial charge in [-0.2, -0.15) is 0 Å². The second-order valence-corrected chi connectivity index (χ2v) is 5.29. The molecule has 0 bridgehead atoms. The van der Waals surface area contributed by atoms with Gasteiger partial charge < -0.3 is 0 Å². The Bertz CT molecular complexity index is 283. The van der Waals surface area contributed by atoms with E-state index in [1.165, 1.54) is 68.9 Å². The van der Waals surface area contributed by atoms with Gasteiger partial charge in [-0.1, -0.05) is 76.6 Å². The lowest BCUT2D eigenvalue weighted by atomic mass is 10.0. The molecule has 0 spiro atoms. The summed E-state index contributed by atoms with van der Waals surface area (Å²) in [5.41, 5.74) is 2.97. The van der Waals surface area contributed by atoms with Crippen LogP contribution in [-0.2, 0) is 12.8 Å². The SMILES string of the molecule is [CH2]CCCc1ccc(CCCCCCCC)cc1. The standard InChI is InChI=1S/C18H29/c1-3-5-7-8-9-10-12-18-15-13-17(14-16-18)11-6-4-2/h13-16H,2-12H2,1H3. The highest BCUT2D eigenvalue weighted by Gasteiger charge is 1.96. The summed E-state index contributed by atoms with van der Waals surface area (Å²) in [6.45, 7) is 6.16. The van der Waals surface area contributed by atoms with Gasteiger partial charge in [0.15, 0.2) is 0 Å². The maximum atomic E-state index is 3.89. The van der Waals surface area contributed by atoms with Gasteiger partial charge in [0.1, 0.15) is 0 Å². The lowest BCUT2D eigenvalue weighted by Crippen LogP contribution is -1.89. The van der Waals surface area contributed by atoms with Crippen LogP contribution in [0.2, 0.25) is 0 Å². The third-order valence-electron chi connectivity index (χ3n) is 3.56. The van der Waals surface area contributed by atoms with E-state index in [1.54, 1.807) is 0 Å². The number of aryl methyl sites for hydroxylation is 2. The summed E-state index contributed by atoms with van der Waals surface area (Å²) in [4.78, 5) is 0. The van der Waals surface area contributed by atoms with Gasteiger partial charge in [0.05, 0.1) is 0 Å². The van der Waals surface area contributed by atoms with Crippen LogP contribution in [0.4, 0.5) is 0 Å². The molecule has 0 atom stereocenters. The first-order valence-electron chi connectivity index (χ1n) is 7.74. The quantitative estimate of drug-likeness (QED) is 0.461. The molecule has 1 radical (unpaired) electrons. The Morgan fingerprint density at radius 2 is 1.22 bits per heavy atom. The Morgan fingerprint density at radius 1 is 0.722 bits per heavy atom. The van der Waals surface area contributed by atoms with Gasteiger partial charge in [-0.3, -0.25) is 0 Å². The Morgan fingerprint density at radius 3 is 1.78 bits per heavy atom. The summed E-state index contributed by atoms with van der Waals surface area (Å²) in [6, 6.07) is 9.21. The van der Waals surface area contributed by atoms with Crippen LogP contribution < -0.4 is 0 Å². The Hall–Kier alpha value is -0.780. The topological polar surface area (TPSA) is 0 Å². The molecule has 1 rings (SSSR count). The normalized spacial score (nSPS) is 10.8. The molecular weight excluding hydrogens is 216 g/mol. The minimum Gasteiger partial charge on any atom is -0.0654 e. The average molecular weight is 245 g/mol. The third-order valence-corrected chi connectivity index (χ3v) is 3.56. The Balaban J connectivity index is 2.14. The molecule has 0 unspecified atom stereocenters. The molecule has 0 aliphatic heterocycles. The molecule has 0 nitrogen and oxygen atoms in total. The van der Waals surface area contributed by atoms with Crippen LogP contribution in [0.1, 0.15) is 69.4 Å². The fourth-order valence-corrected chi connectivity index (χ4v) is 2.31. The Kier molecular flexibility index (Phi) is 8.63. The van der Waals surface area contributed by atoms with E-state index >= 15 is 0 Å². The van der Waals surface area contributed by atoms with Gasteiger partial charge in [-0.25, -0.2) is 0 Å². The maximum absolute atomic E-state index is 3.89. The van der Waals surface area contributed by atoms with Crippen molar-refractivity contribution < 1.29 is 0 Å². The van der Waals surface area contributed by atoms with Crippen molar-refractivity contribution in [1.82, 2.24) is 0 Å². The summed E-state index contributed by atoms with van der Waals surface area (Å²) in [5, 5.41) is 0. The van der Waals surface area contributed by atoms with E-state index in [0.29, 0.717) is 0 Å². The fraction of sp³-hybridized carbons (Fsp3) is 0.611.